The van der Waals surface area contributed by atoms with Crippen molar-refractivity contribution in [3.63, 3.8) is 0 Å². The molecule has 0 radical (unpaired) electrons. The molecule has 4 heteroatoms. The van der Waals surface area contributed by atoms with Gasteiger partial charge in [-0.05, 0) is 44.0 Å². The number of rotatable bonds is 4. The van der Waals surface area contributed by atoms with Crippen molar-refractivity contribution in [2.45, 2.75) is 31.7 Å². The van der Waals surface area contributed by atoms with E-state index < -0.39 is 0 Å². The van der Waals surface area contributed by atoms with Gasteiger partial charge < -0.3 is 19.9 Å². The van der Waals surface area contributed by atoms with E-state index in [1.165, 1.54) is 5.56 Å². The lowest BCUT2D eigenvalue weighted by Crippen LogP contribution is -2.65. The second-order valence-corrected chi connectivity index (χ2v) is 5.82. The molecule has 2 N–H and O–H groups in total. The minimum atomic E-state index is -0.352. The Morgan fingerprint density at radius 2 is 1.68 bits per heavy atom. The zero-order valence-corrected chi connectivity index (χ0v) is 12.4. The van der Waals surface area contributed by atoms with E-state index in [0.29, 0.717) is 13.2 Å². The molecule has 2 rings (SSSR count). The minimum absolute atomic E-state index is 0.156. The summed E-state index contributed by atoms with van der Waals surface area (Å²) in [4.78, 5) is 0. The molecule has 0 spiro atoms. The Kier molecular flexibility index (Phi) is 3.49. The molecule has 1 aromatic carbocycles. The summed E-state index contributed by atoms with van der Waals surface area (Å²) in [5, 5.41) is 0. The molecule has 4 nitrogen and oxygen atoms in total. The fraction of sp³-hybridized carbons (Fsp3) is 0.600. The van der Waals surface area contributed by atoms with Crippen LogP contribution in [0.2, 0.25) is 0 Å². The van der Waals surface area contributed by atoms with Crippen molar-refractivity contribution in [1.29, 1.82) is 0 Å². The highest BCUT2D eigenvalue weighted by Crippen LogP contribution is 2.45. The number of hydrogen-bond acceptors (Lipinski definition) is 4. The van der Waals surface area contributed by atoms with Gasteiger partial charge in [0.1, 0.15) is 0 Å². The Hall–Kier alpha value is -1.26. The molecule has 19 heavy (non-hydrogen) atoms. The first-order valence-corrected chi connectivity index (χ1v) is 6.45. The zero-order valence-electron chi connectivity index (χ0n) is 12.4. The SMILES string of the molecule is COc1cc(C)c(C2(C(C)(C)N)COC2)cc1OC. The van der Waals surface area contributed by atoms with Gasteiger partial charge >= 0.3 is 0 Å². The topological polar surface area (TPSA) is 53.7 Å². The summed E-state index contributed by atoms with van der Waals surface area (Å²) in [5.41, 5.74) is 8.22. The van der Waals surface area contributed by atoms with Gasteiger partial charge in [0.2, 0.25) is 0 Å². The Bertz CT molecular complexity index is 473. The highest BCUT2D eigenvalue weighted by molar-refractivity contribution is 5.51. The third-order valence-corrected chi connectivity index (χ3v) is 4.18. The van der Waals surface area contributed by atoms with Crippen LogP contribution in [0.3, 0.4) is 0 Å². The lowest BCUT2D eigenvalue weighted by molar-refractivity contribution is -0.0922. The standard InChI is InChI=1S/C15H23NO3/c1-10-6-12(17-4)13(18-5)7-11(10)15(8-19-9-15)14(2,3)16/h6-7H,8-9,16H2,1-5H3. The van der Waals surface area contributed by atoms with Crippen molar-refractivity contribution in [2.24, 2.45) is 5.73 Å². The monoisotopic (exact) mass is 265 g/mol. The maximum absolute atomic E-state index is 6.39. The summed E-state index contributed by atoms with van der Waals surface area (Å²) in [6, 6.07) is 4.03. The summed E-state index contributed by atoms with van der Waals surface area (Å²) in [7, 11) is 3.29. The molecule has 0 unspecified atom stereocenters. The third kappa shape index (κ3) is 2.09. The minimum Gasteiger partial charge on any atom is -0.493 e. The lowest BCUT2D eigenvalue weighted by atomic mass is 9.64. The van der Waals surface area contributed by atoms with Crippen molar-refractivity contribution in [1.82, 2.24) is 0 Å². The third-order valence-electron chi connectivity index (χ3n) is 4.18. The smallest absolute Gasteiger partial charge is 0.161 e. The predicted octanol–water partition coefficient (Wildman–Crippen LogP) is 2.02. The average molecular weight is 265 g/mol. The molecule has 1 saturated heterocycles. The fourth-order valence-corrected chi connectivity index (χ4v) is 2.68. The summed E-state index contributed by atoms with van der Waals surface area (Å²) in [5.74, 6) is 1.48. The highest BCUT2D eigenvalue weighted by Gasteiger charge is 2.51. The van der Waals surface area contributed by atoms with E-state index in [1.54, 1.807) is 14.2 Å². The van der Waals surface area contributed by atoms with E-state index >= 15 is 0 Å². The Morgan fingerprint density at radius 3 is 2.05 bits per heavy atom. The van der Waals surface area contributed by atoms with E-state index in [-0.39, 0.29) is 11.0 Å². The van der Waals surface area contributed by atoms with Crippen LogP contribution in [0.15, 0.2) is 12.1 Å². The van der Waals surface area contributed by atoms with Gasteiger partial charge in [0, 0.05) is 5.54 Å². The van der Waals surface area contributed by atoms with Crippen molar-refractivity contribution in [2.75, 3.05) is 27.4 Å². The molecule has 1 aromatic rings. The number of hydrogen-bond donors (Lipinski definition) is 1. The van der Waals surface area contributed by atoms with Gasteiger partial charge in [0.15, 0.2) is 11.5 Å². The Balaban J connectivity index is 2.56. The van der Waals surface area contributed by atoms with Crippen LogP contribution in [-0.2, 0) is 10.2 Å². The van der Waals surface area contributed by atoms with Crippen LogP contribution in [0.5, 0.6) is 11.5 Å². The molecule has 0 aromatic heterocycles. The van der Waals surface area contributed by atoms with Gasteiger partial charge in [-0.25, -0.2) is 0 Å². The highest BCUT2D eigenvalue weighted by atomic mass is 16.5. The van der Waals surface area contributed by atoms with Crippen LogP contribution >= 0.6 is 0 Å². The molecule has 1 aliphatic heterocycles. The molecule has 0 bridgehead atoms. The number of benzene rings is 1. The molecule has 1 fully saturated rings. The maximum atomic E-state index is 6.39. The van der Waals surface area contributed by atoms with Gasteiger partial charge in [-0.2, -0.15) is 0 Å². The molecule has 106 valence electrons. The van der Waals surface area contributed by atoms with Crippen molar-refractivity contribution >= 4 is 0 Å². The summed E-state index contributed by atoms with van der Waals surface area (Å²) >= 11 is 0. The van der Waals surface area contributed by atoms with Crippen molar-refractivity contribution < 1.29 is 14.2 Å². The van der Waals surface area contributed by atoms with Gasteiger partial charge in [-0.1, -0.05) is 0 Å². The molecule has 1 aliphatic rings. The van der Waals surface area contributed by atoms with Crippen molar-refractivity contribution in [3.05, 3.63) is 23.3 Å². The van der Waals surface area contributed by atoms with E-state index in [4.69, 9.17) is 19.9 Å². The number of aryl methyl sites for hydroxylation is 1. The molecule has 1 heterocycles. The quantitative estimate of drug-likeness (QED) is 0.905. The second-order valence-electron chi connectivity index (χ2n) is 5.82. The first kappa shape index (κ1) is 14.2. The van der Waals surface area contributed by atoms with Crippen LogP contribution in [0, 0.1) is 6.92 Å². The van der Waals surface area contributed by atoms with Crippen LogP contribution in [0.1, 0.15) is 25.0 Å². The molecular formula is C15H23NO3. The summed E-state index contributed by atoms with van der Waals surface area (Å²) in [6.07, 6.45) is 0. The van der Waals surface area contributed by atoms with Gasteiger partial charge in [0.25, 0.3) is 0 Å². The maximum Gasteiger partial charge on any atom is 0.161 e. The van der Waals surface area contributed by atoms with Crippen LogP contribution in [0.4, 0.5) is 0 Å². The normalized spacial score (nSPS) is 17.8. The van der Waals surface area contributed by atoms with E-state index in [1.807, 2.05) is 26.0 Å². The zero-order chi connectivity index (χ0) is 14.3. The van der Waals surface area contributed by atoms with Gasteiger partial charge in [-0.15, -0.1) is 0 Å². The average Bonchev–Trinajstić information content (AvgIpc) is 2.27. The van der Waals surface area contributed by atoms with Crippen LogP contribution < -0.4 is 15.2 Å². The molecule has 0 amide bonds. The van der Waals surface area contributed by atoms with Gasteiger partial charge in [-0.3, -0.25) is 0 Å². The van der Waals surface area contributed by atoms with Crippen LogP contribution in [0.25, 0.3) is 0 Å². The van der Waals surface area contributed by atoms with Crippen molar-refractivity contribution in [3.8, 4) is 11.5 Å². The second kappa shape index (κ2) is 4.69. The number of methoxy groups -OCH3 is 2. The molecule has 0 atom stereocenters. The lowest BCUT2D eigenvalue weighted by Gasteiger charge is -2.51. The first-order valence-electron chi connectivity index (χ1n) is 6.45. The van der Waals surface area contributed by atoms with E-state index in [9.17, 15) is 0 Å². The summed E-state index contributed by atoms with van der Waals surface area (Å²) < 4.78 is 16.2. The Morgan fingerprint density at radius 1 is 1.16 bits per heavy atom. The van der Waals surface area contributed by atoms with Crippen LogP contribution in [-0.4, -0.2) is 33.0 Å². The largest absolute Gasteiger partial charge is 0.493 e. The van der Waals surface area contributed by atoms with E-state index in [2.05, 4.69) is 6.92 Å². The number of nitrogens with two attached hydrogens (primary N) is 1. The van der Waals surface area contributed by atoms with E-state index in [0.717, 1.165) is 17.1 Å². The molecule has 0 saturated carbocycles. The predicted molar refractivity (Wildman–Crippen MR) is 75.0 cm³/mol. The first-order chi connectivity index (χ1) is 8.85. The Labute approximate surface area is 114 Å². The number of ether oxygens (including phenoxy) is 3. The van der Waals surface area contributed by atoms with Gasteiger partial charge in [0.05, 0.1) is 32.8 Å². The summed E-state index contributed by atoms with van der Waals surface area (Å²) in [6.45, 7) is 7.46. The molecule has 0 aliphatic carbocycles. The molecular weight excluding hydrogens is 242 g/mol. The fourth-order valence-electron chi connectivity index (χ4n) is 2.68.